The van der Waals surface area contributed by atoms with Gasteiger partial charge in [0.15, 0.2) is 10.9 Å². The van der Waals surface area contributed by atoms with Gasteiger partial charge in [-0.05, 0) is 37.1 Å². The zero-order chi connectivity index (χ0) is 19.1. The highest BCUT2D eigenvalue weighted by Crippen LogP contribution is 2.49. The molecule has 1 fully saturated rings. The summed E-state index contributed by atoms with van der Waals surface area (Å²) in [5.74, 6) is 1.27. The Morgan fingerprint density at radius 1 is 1.18 bits per heavy atom. The van der Waals surface area contributed by atoms with E-state index in [4.69, 9.17) is 9.26 Å². The van der Waals surface area contributed by atoms with E-state index < -0.39 is 5.41 Å². The first-order valence-corrected chi connectivity index (χ1v) is 9.78. The Bertz CT molecular complexity index is 1140. The molecule has 1 aliphatic carbocycles. The first-order valence-electron chi connectivity index (χ1n) is 8.97. The van der Waals surface area contributed by atoms with E-state index in [-0.39, 0.29) is 5.91 Å². The average Bonchev–Trinajstić information content (AvgIpc) is 3.20. The van der Waals surface area contributed by atoms with Gasteiger partial charge in [0.1, 0.15) is 5.75 Å². The lowest BCUT2D eigenvalue weighted by atomic mass is 10.0. The molecule has 2 aromatic heterocycles. The number of ether oxygens (including phenoxy) is 1. The molecule has 0 atom stereocenters. The number of methoxy groups -OCH3 is 1. The van der Waals surface area contributed by atoms with Gasteiger partial charge in [0.2, 0.25) is 5.91 Å². The minimum absolute atomic E-state index is 0.0861. The van der Waals surface area contributed by atoms with Crippen LogP contribution in [0.3, 0.4) is 0 Å². The summed E-state index contributed by atoms with van der Waals surface area (Å²) in [6, 6.07) is 17.2. The molecule has 4 aromatic rings. The number of rotatable bonds is 5. The van der Waals surface area contributed by atoms with Crippen molar-refractivity contribution in [3.8, 4) is 17.1 Å². The summed E-state index contributed by atoms with van der Waals surface area (Å²) in [6.07, 6.45) is 1.49. The maximum atomic E-state index is 13.0. The molecule has 28 heavy (non-hydrogen) atoms. The number of thiazole rings is 1. The number of nitrogens with zero attached hydrogens (tertiary/aromatic N) is 2. The fraction of sp³-hybridized carbons (Fsp3) is 0.190. The van der Waals surface area contributed by atoms with Crippen LogP contribution >= 0.6 is 11.3 Å². The van der Waals surface area contributed by atoms with Gasteiger partial charge in [-0.2, -0.15) is 0 Å². The lowest BCUT2D eigenvalue weighted by Gasteiger charge is -2.10. The Kier molecular flexibility index (Phi) is 3.91. The molecule has 0 aliphatic heterocycles. The Morgan fingerprint density at radius 3 is 2.82 bits per heavy atom. The van der Waals surface area contributed by atoms with Gasteiger partial charge in [-0.1, -0.05) is 40.8 Å². The lowest BCUT2D eigenvalue weighted by molar-refractivity contribution is -0.118. The number of carbonyl (C=O) groups is 1. The van der Waals surface area contributed by atoms with E-state index in [9.17, 15) is 4.79 Å². The number of nitrogens with one attached hydrogen (secondary N) is 1. The van der Waals surface area contributed by atoms with Gasteiger partial charge < -0.3 is 14.6 Å². The molecule has 1 aliphatic rings. The van der Waals surface area contributed by atoms with Crippen LogP contribution in [0.4, 0.5) is 5.13 Å². The molecule has 1 amide bonds. The van der Waals surface area contributed by atoms with Crippen LogP contribution in [-0.4, -0.2) is 23.2 Å². The lowest BCUT2D eigenvalue weighted by Crippen LogP contribution is -2.28. The summed E-state index contributed by atoms with van der Waals surface area (Å²) >= 11 is 1.47. The second kappa shape index (κ2) is 6.45. The van der Waals surface area contributed by atoms with Crippen molar-refractivity contribution in [3.05, 3.63) is 60.3 Å². The third kappa shape index (κ3) is 2.84. The van der Waals surface area contributed by atoms with Crippen molar-refractivity contribution in [2.75, 3.05) is 12.4 Å². The van der Waals surface area contributed by atoms with Crippen LogP contribution in [0, 0.1) is 0 Å². The molecule has 2 heterocycles. The van der Waals surface area contributed by atoms with Crippen molar-refractivity contribution in [1.82, 2.24) is 10.1 Å². The highest BCUT2D eigenvalue weighted by Gasteiger charge is 2.54. The first kappa shape index (κ1) is 16.9. The van der Waals surface area contributed by atoms with E-state index in [2.05, 4.69) is 15.5 Å². The second-order valence-electron chi connectivity index (χ2n) is 6.83. The molecule has 1 N–H and O–H groups in total. The van der Waals surface area contributed by atoms with Gasteiger partial charge in [0.05, 0.1) is 28.4 Å². The largest absolute Gasteiger partial charge is 0.497 e. The molecule has 5 rings (SSSR count). The summed E-state index contributed by atoms with van der Waals surface area (Å²) in [4.78, 5) is 17.5. The van der Waals surface area contributed by atoms with E-state index in [0.717, 1.165) is 34.4 Å². The molecule has 0 spiro atoms. The summed E-state index contributed by atoms with van der Waals surface area (Å²) < 4.78 is 11.8. The fourth-order valence-corrected chi connectivity index (χ4v) is 4.14. The number of hydrogen-bond acceptors (Lipinski definition) is 6. The zero-order valence-corrected chi connectivity index (χ0v) is 16.0. The van der Waals surface area contributed by atoms with E-state index >= 15 is 0 Å². The summed E-state index contributed by atoms with van der Waals surface area (Å²) in [7, 11) is 1.62. The maximum Gasteiger partial charge on any atom is 0.238 e. The van der Waals surface area contributed by atoms with Gasteiger partial charge in [-0.15, -0.1) is 0 Å². The highest BCUT2D eigenvalue weighted by atomic mass is 32.1. The Morgan fingerprint density at radius 2 is 2.04 bits per heavy atom. The smallest absolute Gasteiger partial charge is 0.238 e. The molecule has 140 valence electrons. The number of carbonyl (C=O) groups excluding carboxylic acids is 1. The minimum atomic E-state index is -0.640. The van der Waals surface area contributed by atoms with E-state index in [1.807, 2.05) is 54.6 Å². The first-order chi connectivity index (χ1) is 13.7. The quantitative estimate of drug-likeness (QED) is 0.537. The molecular formula is C21H17N3O3S. The van der Waals surface area contributed by atoms with Crippen LogP contribution in [0.15, 0.2) is 59.1 Å². The SMILES string of the molecule is COc1cccc(-c2cc(C3(C(=O)Nc4nc5ccccc5s4)CC3)no2)c1. The number of hydrogen-bond donors (Lipinski definition) is 1. The van der Waals surface area contributed by atoms with Gasteiger partial charge in [0, 0.05) is 11.6 Å². The predicted molar refractivity (Wildman–Crippen MR) is 108 cm³/mol. The monoisotopic (exact) mass is 391 g/mol. The third-order valence-corrected chi connectivity index (χ3v) is 6.01. The molecule has 1 saturated carbocycles. The van der Waals surface area contributed by atoms with Crippen molar-refractivity contribution in [1.29, 1.82) is 0 Å². The second-order valence-corrected chi connectivity index (χ2v) is 7.86. The summed E-state index contributed by atoms with van der Waals surface area (Å²) in [5, 5.41) is 7.77. The standard InChI is InChI=1S/C21H17N3O3S/c1-26-14-6-4-5-13(11-14)16-12-18(24-27-16)21(9-10-21)19(25)23-20-22-15-7-2-3-8-17(15)28-20/h2-8,11-12H,9-10H2,1H3,(H,22,23,25). The van der Waals surface area contributed by atoms with Crippen LogP contribution in [0.25, 0.3) is 21.5 Å². The van der Waals surface area contributed by atoms with Gasteiger partial charge in [0.25, 0.3) is 0 Å². The number of amides is 1. The summed E-state index contributed by atoms with van der Waals surface area (Å²) in [5.41, 5.74) is 1.76. The molecule has 0 radical (unpaired) electrons. The number of fused-ring (bicyclic) bond motifs is 1. The zero-order valence-electron chi connectivity index (χ0n) is 15.1. The van der Waals surface area contributed by atoms with E-state index in [1.165, 1.54) is 11.3 Å². The van der Waals surface area contributed by atoms with Crippen LogP contribution in [0.5, 0.6) is 5.75 Å². The van der Waals surface area contributed by atoms with Crippen molar-refractivity contribution in [3.63, 3.8) is 0 Å². The van der Waals surface area contributed by atoms with Crippen molar-refractivity contribution < 1.29 is 14.1 Å². The van der Waals surface area contributed by atoms with Crippen molar-refractivity contribution in [2.24, 2.45) is 0 Å². The maximum absolute atomic E-state index is 13.0. The van der Waals surface area contributed by atoms with Crippen molar-refractivity contribution >= 4 is 32.6 Å². The molecule has 0 saturated heterocycles. The van der Waals surface area contributed by atoms with Gasteiger partial charge in [-0.3, -0.25) is 4.79 Å². The highest BCUT2D eigenvalue weighted by molar-refractivity contribution is 7.22. The average molecular weight is 391 g/mol. The Balaban J connectivity index is 1.39. The third-order valence-electron chi connectivity index (χ3n) is 5.05. The number of anilines is 1. The van der Waals surface area contributed by atoms with Gasteiger partial charge >= 0.3 is 0 Å². The van der Waals surface area contributed by atoms with E-state index in [0.29, 0.717) is 16.6 Å². The predicted octanol–water partition coefficient (Wildman–Crippen LogP) is 4.63. The normalized spacial score (nSPS) is 14.8. The van der Waals surface area contributed by atoms with Crippen LogP contribution < -0.4 is 10.1 Å². The van der Waals surface area contributed by atoms with Gasteiger partial charge in [-0.25, -0.2) is 4.98 Å². The number of para-hydroxylation sites is 1. The minimum Gasteiger partial charge on any atom is -0.497 e. The molecule has 7 heteroatoms. The Hall–Kier alpha value is -3.19. The van der Waals surface area contributed by atoms with E-state index in [1.54, 1.807) is 7.11 Å². The number of benzene rings is 2. The molecule has 0 unspecified atom stereocenters. The van der Waals surface area contributed by atoms with Crippen LogP contribution in [0.1, 0.15) is 18.5 Å². The molecule has 0 bridgehead atoms. The fourth-order valence-electron chi connectivity index (χ4n) is 3.28. The molecule has 2 aromatic carbocycles. The van der Waals surface area contributed by atoms with Crippen LogP contribution in [0.2, 0.25) is 0 Å². The van der Waals surface area contributed by atoms with Crippen molar-refractivity contribution in [2.45, 2.75) is 18.3 Å². The Labute approximate surface area is 165 Å². The summed E-state index contributed by atoms with van der Waals surface area (Å²) in [6.45, 7) is 0. The molecular weight excluding hydrogens is 374 g/mol. The number of aromatic nitrogens is 2. The van der Waals surface area contributed by atoms with Crippen LogP contribution in [-0.2, 0) is 10.2 Å². The topological polar surface area (TPSA) is 77.2 Å². The molecule has 6 nitrogen and oxygen atoms in total.